The second kappa shape index (κ2) is 2.86. The van der Waals surface area contributed by atoms with Gasteiger partial charge in [0.05, 0.1) is 0 Å². The minimum atomic E-state index is 1.17. The zero-order valence-corrected chi connectivity index (χ0v) is 9.42. The number of hydrogen-bond donors (Lipinski definition) is 0. The lowest BCUT2D eigenvalue weighted by Gasteiger charge is -1.95. The van der Waals surface area contributed by atoms with E-state index in [-0.39, 0.29) is 0 Å². The smallest absolute Gasteiger partial charge is 0.0375 e. The van der Waals surface area contributed by atoms with E-state index in [1.165, 1.54) is 25.0 Å². The molecule has 1 aromatic heterocycles. The van der Waals surface area contributed by atoms with Gasteiger partial charge in [-0.15, -0.1) is 11.3 Å². The summed E-state index contributed by atoms with van der Waals surface area (Å²) in [5, 5.41) is 1.35. The van der Waals surface area contributed by atoms with E-state index in [0.717, 1.165) is 0 Å². The van der Waals surface area contributed by atoms with Gasteiger partial charge in [-0.05, 0) is 43.0 Å². The molecule has 0 nitrogen and oxygen atoms in total. The van der Waals surface area contributed by atoms with E-state index >= 15 is 0 Å². The van der Waals surface area contributed by atoms with E-state index in [1.807, 2.05) is 11.3 Å². The van der Waals surface area contributed by atoms with E-state index in [1.54, 1.807) is 0 Å². The third kappa shape index (κ3) is 1.29. The number of benzene rings is 1. The lowest BCUT2D eigenvalue weighted by molar-refractivity contribution is 1.53. The van der Waals surface area contributed by atoms with E-state index in [4.69, 9.17) is 0 Å². The van der Waals surface area contributed by atoms with Crippen LogP contribution in [-0.4, -0.2) is 0 Å². The molecule has 0 aliphatic heterocycles. The first-order valence-corrected chi connectivity index (χ1v) is 5.44. The molecule has 1 heterocycles. The summed E-state index contributed by atoms with van der Waals surface area (Å²) in [4.78, 5) is 1.38. The molecule has 0 bridgehead atoms. The molecule has 2 aromatic rings. The molecule has 0 atom stereocenters. The van der Waals surface area contributed by atoms with Crippen molar-refractivity contribution in [3.8, 4) is 0 Å². The summed E-state index contributed by atoms with van der Waals surface area (Å²) in [6.45, 7) is 4.31. The predicted octanol–water partition coefficient (Wildman–Crippen LogP) is 4.28. The van der Waals surface area contributed by atoms with E-state index in [2.05, 4.69) is 48.0 Å². The van der Waals surface area contributed by atoms with Gasteiger partial charge in [0.25, 0.3) is 0 Å². The number of hydrogen-bond acceptors (Lipinski definition) is 1. The van der Waals surface area contributed by atoms with Crippen molar-refractivity contribution in [3.05, 3.63) is 33.1 Å². The molecule has 0 fully saturated rings. The fourth-order valence-electron chi connectivity index (χ4n) is 1.41. The first-order chi connectivity index (χ1) is 5.66. The Bertz CT molecular complexity index is 429. The summed E-state index contributed by atoms with van der Waals surface area (Å²) in [5.41, 5.74) is 1.36. The highest BCUT2D eigenvalue weighted by molar-refractivity contribution is 9.10. The number of thiophene rings is 1. The van der Waals surface area contributed by atoms with E-state index in [0.29, 0.717) is 0 Å². The topological polar surface area (TPSA) is 0 Å². The summed E-state index contributed by atoms with van der Waals surface area (Å²) in [6.07, 6.45) is 0. The van der Waals surface area contributed by atoms with Crippen LogP contribution in [0.2, 0.25) is 0 Å². The highest BCUT2D eigenvalue weighted by Crippen LogP contribution is 2.30. The monoisotopic (exact) mass is 240 g/mol. The van der Waals surface area contributed by atoms with Crippen LogP contribution in [0.5, 0.6) is 0 Å². The van der Waals surface area contributed by atoms with Gasteiger partial charge in [-0.25, -0.2) is 0 Å². The lowest BCUT2D eigenvalue weighted by Crippen LogP contribution is -1.71. The maximum Gasteiger partial charge on any atom is 0.0375 e. The Labute approximate surface area is 84.4 Å². The second-order valence-electron chi connectivity index (χ2n) is 3.00. The molecule has 2 heteroatoms. The summed E-state index contributed by atoms with van der Waals surface area (Å²) >= 11 is 5.36. The minimum absolute atomic E-state index is 1.17. The van der Waals surface area contributed by atoms with Gasteiger partial charge < -0.3 is 0 Å². The highest BCUT2D eigenvalue weighted by Gasteiger charge is 2.02. The molecule has 0 N–H and O–H groups in total. The van der Waals surface area contributed by atoms with Gasteiger partial charge in [-0.1, -0.05) is 15.9 Å². The van der Waals surface area contributed by atoms with Gasteiger partial charge >= 0.3 is 0 Å². The van der Waals surface area contributed by atoms with Crippen molar-refractivity contribution in [1.82, 2.24) is 0 Å². The van der Waals surface area contributed by atoms with Crippen LogP contribution in [-0.2, 0) is 0 Å². The Morgan fingerprint density at radius 1 is 1.17 bits per heavy atom. The van der Waals surface area contributed by atoms with E-state index < -0.39 is 0 Å². The van der Waals surface area contributed by atoms with E-state index in [9.17, 15) is 0 Å². The maximum absolute atomic E-state index is 3.50. The van der Waals surface area contributed by atoms with Crippen LogP contribution in [0.4, 0.5) is 0 Å². The fourth-order valence-corrected chi connectivity index (χ4v) is 2.97. The Kier molecular flexibility index (Phi) is 1.97. The number of halogens is 1. The molecule has 0 unspecified atom stereocenters. The first-order valence-electron chi connectivity index (χ1n) is 3.83. The standard InChI is InChI=1S/C10H9BrS/c1-6-3-9(11)5-8-4-7(2)12-10(6)8/h3-5H,1-2H3. The summed E-state index contributed by atoms with van der Waals surface area (Å²) in [6, 6.07) is 6.57. The van der Waals surface area contributed by atoms with Crippen LogP contribution in [0.15, 0.2) is 22.7 Å². The molecular formula is C10H9BrS. The summed E-state index contributed by atoms with van der Waals surface area (Å²) < 4.78 is 2.58. The Morgan fingerprint density at radius 3 is 2.67 bits per heavy atom. The van der Waals surface area contributed by atoms with Crippen molar-refractivity contribution >= 4 is 37.4 Å². The quantitative estimate of drug-likeness (QED) is 0.645. The van der Waals surface area contributed by atoms with Crippen molar-refractivity contribution in [2.45, 2.75) is 13.8 Å². The molecule has 12 heavy (non-hydrogen) atoms. The Hall–Kier alpha value is -0.340. The molecule has 2 rings (SSSR count). The van der Waals surface area contributed by atoms with Gasteiger partial charge in [0.15, 0.2) is 0 Å². The normalized spacial score (nSPS) is 10.9. The average Bonchev–Trinajstić information content (AvgIpc) is 2.29. The van der Waals surface area contributed by atoms with Crippen molar-refractivity contribution in [3.63, 3.8) is 0 Å². The fraction of sp³-hybridized carbons (Fsp3) is 0.200. The van der Waals surface area contributed by atoms with Crippen LogP contribution in [0.25, 0.3) is 10.1 Å². The van der Waals surface area contributed by atoms with Gasteiger partial charge in [0.2, 0.25) is 0 Å². The van der Waals surface area contributed by atoms with Gasteiger partial charge in [0, 0.05) is 14.0 Å². The highest BCUT2D eigenvalue weighted by atomic mass is 79.9. The molecular weight excluding hydrogens is 232 g/mol. The van der Waals surface area contributed by atoms with Crippen LogP contribution in [0.3, 0.4) is 0 Å². The van der Waals surface area contributed by atoms with Crippen LogP contribution >= 0.6 is 27.3 Å². The predicted molar refractivity (Wildman–Crippen MR) is 59.0 cm³/mol. The second-order valence-corrected chi connectivity index (χ2v) is 5.17. The van der Waals surface area contributed by atoms with Gasteiger partial charge in [-0.2, -0.15) is 0 Å². The third-order valence-corrected chi connectivity index (χ3v) is 3.55. The number of aryl methyl sites for hydroxylation is 2. The first kappa shape index (κ1) is 8.27. The van der Waals surface area contributed by atoms with Crippen LogP contribution in [0.1, 0.15) is 10.4 Å². The summed E-state index contributed by atoms with van der Waals surface area (Å²) in [7, 11) is 0. The third-order valence-electron chi connectivity index (χ3n) is 1.89. The molecule has 0 aliphatic rings. The van der Waals surface area contributed by atoms with Crippen molar-refractivity contribution < 1.29 is 0 Å². The van der Waals surface area contributed by atoms with Crippen molar-refractivity contribution in [2.24, 2.45) is 0 Å². The van der Waals surface area contributed by atoms with Crippen LogP contribution in [0, 0.1) is 13.8 Å². The zero-order chi connectivity index (χ0) is 8.72. The minimum Gasteiger partial charge on any atom is -0.140 e. The maximum atomic E-state index is 3.50. The molecule has 0 saturated carbocycles. The molecule has 62 valence electrons. The molecule has 0 amide bonds. The Balaban J connectivity index is 2.88. The molecule has 1 aromatic carbocycles. The van der Waals surface area contributed by atoms with Gasteiger partial charge in [0.1, 0.15) is 0 Å². The lowest BCUT2D eigenvalue weighted by atomic mass is 10.2. The number of rotatable bonds is 0. The van der Waals surface area contributed by atoms with Crippen molar-refractivity contribution in [2.75, 3.05) is 0 Å². The summed E-state index contributed by atoms with van der Waals surface area (Å²) in [5.74, 6) is 0. The molecule has 0 saturated heterocycles. The molecule has 0 aliphatic carbocycles. The van der Waals surface area contributed by atoms with Crippen molar-refractivity contribution in [1.29, 1.82) is 0 Å². The van der Waals surface area contributed by atoms with Gasteiger partial charge in [-0.3, -0.25) is 0 Å². The number of fused-ring (bicyclic) bond motifs is 1. The largest absolute Gasteiger partial charge is 0.140 e. The zero-order valence-electron chi connectivity index (χ0n) is 7.02. The Morgan fingerprint density at radius 2 is 1.92 bits per heavy atom. The van der Waals surface area contributed by atoms with Crippen LogP contribution < -0.4 is 0 Å². The molecule has 0 radical (unpaired) electrons. The SMILES string of the molecule is Cc1cc2cc(Br)cc(C)c2s1. The average molecular weight is 241 g/mol. The molecule has 0 spiro atoms.